The number of imidazole rings is 1. The Bertz CT molecular complexity index is 1120. The lowest BCUT2D eigenvalue weighted by molar-refractivity contribution is 0.0530. The Morgan fingerprint density at radius 3 is 2.38 bits per heavy atom. The number of nitrogens with zero attached hydrogens (tertiary/aromatic N) is 2. The van der Waals surface area contributed by atoms with E-state index in [9.17, 15) is 4.79 Å². The van der Waals surface area contributed by atoms with E-state index in [0.717, 1.165) is 33.1 Å². The molecule has 0 aliphatic carbocycles. The van der Waals surface area contributed by atoms with Crippen molar-refractivity contribution < 1.29 is 9.53 Å². The number of aryl methyl sites for hydroxylation is 3. The number of ether oxygens (including phenoxy) is 1. The Kier molecular flexibility index (Phi) is 3.17. The molecule has 122 valence electrons. The van der Waals surface area contributed by atoms with E-state index in [1.807, 2.05) is 20.9 Å². The summed E-state index contributed by atoms with van der Waals surface area (Å²) in [6, 6.07) is 12.6. The number of aromatic nitrogens is 2. The van der Waals surface area contributed by atoms with Crippen LogP contribution in [-0.4, -0.2) is 21.5 Å². The minimum Gasteiger partial charge on any atom is -0.462 e. The van der Waals surface area contributed by atoms with Crippen LogP contribution in [0.15, 0.2) is 36.4 Å². The number of esters is 1. The van der Waals surface area contributed by atoms with E-state index >= 15 is 0 Å². The van der Waals surface area contributed by atoms with E-state index < -0.39 is 0 Å². The molecule has 4 heteroatoms. The molecule has 0 aliphatic rings. The summed E-state index contributed by atoms with van der Waals surface area (Å²) in [5, 5.41) is 0.947. The van der Waals surface area contributed by atoms with Crippen molar-refractivity contribution in [3.63, 3.8) is 0 Å². The van der Waals surface area contributed by atoms with E-state index in [1.165, 1.54) is 5.56 Å². The van der Waals surface area contributed by atoms with Gasteiger partial charge in [0.25, 0.3) is 0 Å². The van der Waals surface area contributed by atoms with Gasteiger partial charge < -0.3 is 9.30 Å². The standard InChI is InChI=1S/C20H20N2O2/c1-5-24-20(23)18-14-10-12(2)6-8-15(14)22-17-11-13(3)7-9-16(17)21(4)19(18)22/h6-11H,5H2,1-4H3. The molecule has 0 bridgehead atoms. The number of carbonyl (C=O) groups is 1. The Morgan fingerprint density at radius 2 is 1.67 bits per heavy atom. The van der Waals surface area contributed by atoms with Crippen molar-refractivity contribution in [1.29, 1.82) is 0 Å². The molecule has 4 rings (SSSR count). The van der Waals surface area contributed by atoms with Crippen LogP contribution < -0.4 is 0 Å². The third kappa shape index (κ3) is 1.89. The van der Waals surface area contributed by atoms with Crippen molar-refractivity contribution in [2.45, 2.75) is 20.8 Å². The molecule has 0 aliphatic heterocycles. The molecule has 24 heavy (non-hydrogen) atoms. The summed E-state index contributed by atoms with van der Waals surface area (Å²) >= 11 is 0. The molecule has 4 nitrogen and oxygen atoms in total. The Balaban J connectivity index is 2.27. The molecule has 0 saturated heterocycles. The Hall–Kier alpha value is -2.75. The third-order valence-electron chi connectivity index (χ3n) is 4.63. The zero-order valence-corrected chi connectivity index (χ0v) is 14.4. The molecule has 2 aromatic heterocycles. The van der Waals surface area contributed by atoms with Crippen molar-refractivity contribution in [2.24, 2.45) is 7.05 Å². The largest absolute Gasteiger partial charge is 0.462 e. The van der Waals surface area contributed by atoms with Gasteiger partial charge in [0.1, 0.15) is 11.2 Å². The molecule has 0 atom stereocenters. The molecule has 0 amide bonds. The smallest absolute Gasteiger partial charge is 0.342 e. The van der Waals surface area contributed by atoms with Gasteiger partial charge in [-0.15, -0.1) is 0 Å². The summed E-state index contributed by atoms with van der Waals surface area (Å²) < 4.78 is 9.60. The number of hydrogen-bond donors (Lipinski definition) is 0. The van der Waals surface area contributed by atoms with Crippen LogP contribution in [0.4, 0.5) is 0 Å². The number of benzene rings is 2. The number of hydrogen-bond acceptors (Lipinski definition) is 2. The first-order valence-corrected chi connectivity index (χ1v) is 8.20. The molecule has 4 aromatic rings. The number of carbonyl (C=O) groups excluding carboxylic acids is 1. The van der Waals surface area contributed by atoms with E-state index in [-0.39, 0.29) is 5.97 Å². The molecular formula is C20H20N2O2. The van der Waals surface area contributed by atoms with Crippen molar-refractivity contribution in [2.75, 3.05) is 6.61 Å². The van der Waals surface area contributed by atoms with Crippen LogP contribution in [0.1, 0.15) is 28.4 Å². The lowest BCUT2D eigenvalue weighted by Crippen LogP contribution is -2.06. The highest BCUT2D eigenvalue weighted by molar-refractivity contribution is 6.13. The maximum Gasteiger partial charge on any atom is 0.342 e. The highest BCUT2D eigenvalue weighted by atomic mass is 16.5. The van der Waals surface area contributed by atoms with Gasteiger partial charge in [0.2, 0.25) is 0 Å². The summed E-state index contributed by atoms with van der Waals surface area (Å²) in [5.41, 5.74) is 7.10. The zero-order valence-electron chi connectivity index (χ0n) is 14.4. The molecule has 2 heterocycles. The first-order chi connectivity index (χ1) is 11.5. The maximum atomic E-state index is 12.7. The van der Waals surface area contributed by atoms with Gasteiger partial charge in [-0.25, -0.2) is 4.79 Å². The van der Waals surface area contributed by atoms with E-state index in [0.29, 0.717) is 12.2 Å². The minimum atomic E-state index is -0.266. The average Bonchev–Trinajstić information content (AvgIpc) is 3.01. The minimum absolute atomic E-state index is 0.266. The second kappa shape index (κ2) is 5.13. The van der Waals surface area contributed by atoms with Gasteiger partial charge in [0.15, 0.2) is 0 Å². The average molecular weight is 320 g/mol. The quantitative estimate of drug-likeness (QED) is 0.514. The van der Waals surface area contributed by atoms with E-state index in [4.69, 9.17) is 4.74 Å². The van der Waals surface area contributed by atoms with Crippen molar-refractivity contribution in [1.82, 2.24) is 8.97 Å². The summed E-state index contributed by atoms with van der Waals surface area (Å²) in [5.74, 6) is -0.266. The van der Waals surface area contributed by atoms with Crippen LogP contribution in [0.2, 0.25) is 0 Å². The molecule has 0 unspecified atom stereocenters. The summed E-state index contributed by atoms with van der Waals surface area (Å²) in [6.45, 7) is 6.33. The van der Waals surface area contributed by atoms with Crippen molar-refractivity contribution in [3.8, 4) is 0 Å². The first-order valence-electron chi connectivity index (χ1n) is 8.20. The van der Waals surface area contributed by atoms with Gasteiger partial charge in [0.05, 0.1) is 23.2 Å². The van der Waals surface area contributed by atoms with Crippen LogP contribution in [0.3, 0.4) is 0 Å². The fourth-order valence-corrected chi connectivity index (χ4v) is 3.57. The summed E-state index contributed by atoms with van der Waals surface area (Å²) in [6.07, 6.45) is 0. The highest BCUT2D eigenvalue weighted by Gasteiger charge is 2.24. The van der Waals surface area contributed by atoms with Gasteiger partial charge in [0, 0.05) is 12.4 Å². The van der Waals surface area contributed by atoms with Gasteiger partial charge in [-0.2, -0.15) is 0 Å². The normalized spacial score (nSPS) is 11.7. The van der Waals surface area contributed by atoms with Crippen molar-refractivity contribution in [3.05, 3.63) is 53.1 Å². The molecule has 0 spiro atoms. The van der Waals surface area contributed by atoms with Crippen LogP contribution in [0.5, 0.6) is 0 Å². The molecule has 0 N–H and O–H groups in total. The molecule has 0 saturated carbocycles. The van der Waals surface area contributed by atoms with Gasteiger partial charge in [-0.05, 0) is 50.6 Å². The SMILES string of the molecule is CCOC(=O)c1c2cc(C)ccc2n2c3cc(C)ccc3n(C)c12. The van der Waals surface area contributed by atoms with Crippen LogP contribution >= 0.6 is 0 Å². The second-order valence-electron chi connectivity index (χ2n) is 6.33. The Morgan fingerprint density at radius 1 is 1.00 bits per heavy atom. The van der Waals surface area contributed by atoms with Crippen LogP contribution in [0.25, 0.3) is 27.6 Å². The van der Waals surface area contributed by atoms with Gasteiger partial charge >= 0.3 is 5.97 Å². The van der Waals surface area contributed by atoms with E-state index in [1.54, 1.807) is 0 Å². The lowest BCUT2D eigenvalue weighted by atomic mass is 10.1. The predicted octanol–water partition coefficient (Wildman–Crippen LogP) is 4.38. The molecule has 0 fully saturated rings. The summed E-state index contributed by atoms with van der Waals surface area (Å²) in [7, 11) is 2.00. The molecule has 2 aromatic carbocycles. The third-order valence-corrected chi connectivity index (χ3v) is 4.63. The van der Waals surface area contributed by atoms with Gasteiger partial charge in [-0.3, -0.25) is 4.40 Å². The number of fused-ring (bicyclic) bond motifs is 5. The van der Waals surface area contributed by atoms with E-state index in [2.05, 4.69) is 52.3 Å². The lowest BCUT2D eigenvalue weighted by Gasteiger charge is -2.03. The summed E-state index contributed by atoms with van der Waals surface area (Å²) in [4.78, 5) is 12.7. The van der Waals surface area contributed by atoms with Crippen LogP contribution in [-0.2, 0) is 11.8 Å². The van der Waals surface area contributed by atoms with Gasteiger partial charge in [-0.1, -0.05) is 17.7 Å². The molecular weight excluding hydrogens is 300 g/mol. The van der Waals surface area contributed by atoms with Crippen LogP contribution in [0, 0.1) is 13.8 Å². The fraction of sp³-hybridized carbons (Fsp3) is 0.250. The van der Waals surface area contributed by atoms with Crippen molar-refractivity contribution >= 4 is 33.6 Å². The predicted molar refractivity (Wildman–Crippen MR) is 96.8 cm³/mol. The fourth-order valence-electron chi connectivity index (χ4n) is 3.57. The monoisotopic (exact) mass is 320 g/mol. The number of rotatable bonds is 2. The Labute approximate surface area is 140 Å². The first kappa shape index (κ1) is 14.8. The second-order valence-corrected chi connectivity index (χ2v) is 6.33. The zero-order chi connectivity index (χ0) is 17.0. The topological polar surface area (TPSA) is 35.6 Å². The maximum absolute atomic E-state index is 12.7. The molecule has 0 radical (unpaired) electrons. The highest BCUT2D eigenvalue weighted by Crippen LogP contribution is 2.33.